The van der Waals surface area contributed by atoms with Gasteiger partial charge in [0.2, 0.25) is 0 Å². The van der Waals surface area contributed by atoms with Gasteiger partial charge in [0.1, 0.15) is 23.0 Å². The Morgan fingerprint density at radius 2 is 1.04 bits per heavy atom. The van der Waals surface area contributed by atoms with E-state index < -0.39 is 0 Å². The van der Waals surface area contributed by atoms with E-state index >= 15 is 0 Å². The summed E-state index contributed by atoms with van der Waals surface area (Å²) in [7, 11) is 0. The average Bonchev–Trinajstić information content (AvgIpc) is 3.23. The molecule has 10 rings (SSSR count). The fraction of sp³-hybridized carbons (Fsp3) is 0.176. The van der Waals surface area contributed by atoms with Crippen molar-refractivity contribution in [3.8, 4) is 45.3 Å². The van der Waals surface area contributed by atoms with Crippen molar-refractivity contribution in [2.45, 2.75) is 58.8 Å². The Hall–Kier alpha value is -6.00. The van der Waals surface area contributed by atoms with Crippen molar-refractivity contribution in [3.63, 3.8) is 0 Å². The summed E-state index contributed by atoms with van der Waals surface area (Å²) < 4.78 is 14.1. The summed E-state index contributed by atoms with van der Waals surface area (Å²) in [5.41, 5.74) is 16.5. The first-order valence-corrected chi connectivity index (χ1v) is 19.9. The van der Waals surface area contributed by atoms with Crippen LogP contribution in [0.2, 0.25) is 0 Å². The monoisotopic (exact) mass is 713 g/mol. The standard InChI is InChI=1S/C51H44BNO2/c1-33-19-20-34(2)45(27-33)53(46-28-39(22-21-35(46)3)36-13-7-4-8-14-36)42-31-49-51-50(32-42)55-48-30-41(38-17-11-6-12-18-38)24-26-44(48)52(51)43-25-23-40(29-47(43)54-49)37-15-9-5-10-16-37/h5-6,9-12,15-32,36H,4,7-8,13-14H2,1-3H3. The molecule has 0 N–H and O–H groups in total. The van der Waals surface area contributed by atoms with Crippen molar-refractivity contribution < 1.29 is 9.47 Å². The Bertz CT molecular complexity index is 2460. The van der Waals surface area contributed by atoms with Gasteiger partial charge in [-0.3, -0.25) is 0 Å². The number of fused-ring (bicyclic) bond motifs is 4. The quantitative estimate of drug-likeness (QED) is 0.160. The van der Waals surface area contributed by atoms with Crippen molar-refractivity contribution >= 4 is 40.2 Å². The first-order chi connectivity index (χ1) is 27.0. The molecule has 4 heteroatoms. The molecular weight excluding hydrogens is 669 g/mol. The Morgan fingerprint density at radius 3 is 1.62 bits per heavy atom. The third-order valence-electron chi connectivity index (χ3n) is 12.1. The highest BCUT2D eigenvalue weighted by Crippen LogP contribution is 2.46. The van der Waals surface area contributed by atoms with E-state index in [2.05, 4.69) is 171 Å². The van der Waals surface area contributed by atoms with E-state index in [0.717, 1.165) is 61.9 Å². The highest BCUT2D eigenvalue weighted by Gasteiger charge is 2.41. The van der Waals surface area contributed by atoms with Crippen LogP contribution in [0.15, 0.2) is 146 Å². The minimum atomic E-state index is -0.0354. The Labute approximate surface area is 325 Å². The number of nitrogens with zero attached hydrogens (tertiary/aromatic N) is 1. The highest BCUT2D eigenvalue weighted by atomic mass is 16.5. The molecule has 1 fully saturated rings. The SMILES string of the molecule is Cc1ccc(C)c(N(c2cc3c4c(c2)Oc2cc(-c5ccccc5)ccc2B4c2ccc(-c4ccccc4)cc2O3)c2cc(C3CCCCC3)ccc2C)c1. The number of rotatable bonds is 6. The van der Waals surface area contributed by atoms with Gasteiger partial charge >= 0.3 is 0 Å². The first-order valence-electron chi connectivity index (χ1n) is 19.9. The summed E-state index contributed by atoms with van der Waals surface area (Å²) in [6.07, 6.45) is 6.47. The Morgan fingerprint density at radius 1 is 0.491 bits per heavy atom. The molecule has 2 heterocycles. The van der Waals surface area contributed by atoms with Crippen molar-refractivity contribution in [1.29, 1.82) is 0 Å². The number of ether oxygens (including phenoxy) is 2. The predicted molar refractivity (Wildman–Crippen MR) is 230 cm³/mol. The molecule has 0 bridgehead atoms. The summed E-state index contributed by atoms with van der Waals surface area (Å²) >= 11 is 0. The van der Waals surface area contributed by atoms with E-state index in [1.54, 1.807) is 0 Å². The van der Waals surface area contributed by atoms with Crippen LogP contribution in [0.25, 0.3) is 22.3 Å². The van der Waals surface area contributed by atoms with Crippen molar-refractivity contribution in [2.24, 2.45) is 0 Å². The lowest BCUT2D eigenvalue weighted by Gasteiger charge is -2.36. The lowest BCUT2D eigenvalue weighted by molar-refractivity contribution is 0.443. The van der Waals surface area contributed by atoms with Crippen LogP contribution in [-0.2, 0) is 0 Å². The highest BCUT2D eigenvalue weighted by molar-refractivity contribution is 6.98. The van der Waals surface area contributed by atoms with Crippen LogP contribution in [-0.4, -0.2) is 6.71 Å². The Balaban J connectivity index is 1.18. The second-order valence-corrected chi connectivity index (χ2v) is 15.7. The lowest BCUT2D eigenvalue weighted by atomic mass is 9.34. The molecule has 7 aromatic carbocycles. The molecule has 7 aromatic rings. The van der Waals surface area contributed by atoms with E-state index in [1.165, 1.54) is 71.2 Å². The summed E-state index contributed by atoms with van der Waals surface area (Å²) in [5.74, 6) is 4.04. The van der Waals surface area contributed by atoms with Crippen molar-refractivity contribution in [3.05, 3.63) is 168 Å². The first kappa shape index (κ1) is 33.6. The molecule has 0 atom stereocenters. The zero-order valence-electron chi connectivity index (χ0n) is 31.8. The molecule has 0 unspecified atom stereocenters. The predicted octanol–water partition coefficient (Wildman–Crippen LogP) is 12.2. The average molecular weight is 714 g/mol. The maximum atomic E-state index is 7.05. The zero-order valence-corrected chi connectivity index (χ0v) is 31.8. The van der Waals surface area contributed by atoms with E-state index in [-0.39, 0.29) is 6.71 Å². The molecule has 0 spiro atoms. The Kier molecular flexibility index (Phi) is 8.36. The van der Waals surface area contributed by atoms with Gasteiger partial charge in [0.05, 0.1) is 5.69 Å². The molecule has 2 aliphatic heterocycles. The molecule has 1 aliphatic carbocycles. The number of aryl methyl sites for hydroxylation is 3. The van der Waals surface area contributed by atoms with Crippen molar-refractivity contribution in [1.82, 2.24) is 0 Å². The molecule has 0 radical (unpaired) electrons. The van der Waals surface area contributed by atoms with Gasteiger partial charge in [0.25, 0.3) is 6.71 Å². The number of benzene rings is 7. The number of hydrogen-bond acceptors (Lipinski definition) is 3. The van der Waals surface area contributed by atoms with E-state index in [1.807, 2.05) is 0 Å². The lowest BCUT2D eigenvalue weighted by Crippen LogP contribution is -2.57. The molecule has 3 aliphatic rings. The van der Waals surface area contributed by atoms with Crippen LogP contribution >= 0.6 is 0 Å². The molecule has 0 aromatic heterocycles. The van der Waals surface area contributed by atoms with E-state index in [9.17, 15) is 0 Å². The second-order valence-electron chi connectivity index (χ2n) is 15.7. The smallest absolute Gasteiger partial charge is 0.260 e. The number of hydrogen-bond donors (Lipinski definition) is 0. The molecule has 0 amide bonds. The van der Waals surface area contributed by atoms with Gasteiger partial charge in [-0.25, -0.2) is 0 Å². The topological polar surface area (TPSA) is 21.7 Å². The van der Waals surface area contributed by atoms with Gasteiger partial charge in [-0.15, -0.1) is 0 Å². The molecule has 3 nitrogen and oxygen atoms in total. The van der Waals surface area contributed by atoms with Gasteiger partial charge in [-0.1, -0.05) is 128 Å². The minimum absolute atomic E-state index is 0.0354. The summed E-state index contributed by atoms with van der Waals surface area (Å²) in [6.45, 7) is 6.61. The maximum absolute atomic E-state index is 7.05. The normalized spacial score (nSPS) is 14.3. The number of anilines is 3. The minimum Gasteiger partial charge on any atom is -0.458 e. The molecule has 55 heavy (non-hydrogen) atoms. The molecule has 1 saturated carbocycles. The van der Waals surface area contributed by atoms with Crippen LogP contribution in [0.5, 0.6) is 23.0 Å². The second kappa shape index (κ2) is 13.7. The van der Waals surface area contributed by atoms with Gasteiger partial charge in [0, 0.05) is 29.0 Å². The van der Waals surface area contributed by atoms with Gasteiger partial charge < -0.3 is 14.4 Å². The molecular formula is C51H44BNO2. The van der Waals surface area contributed by atoms with Crippen LogP contribution in [0.4, 0.5) is 17.1 Å². The van der Waals surface area contributed by atoms with Gasteiger partial charge in [0.15, 0.2) is 0 Å². The maximum Gasteiger partial charge on any atom is 0.260 e. The van der Waals surface area contributed by atoms with Crippen molar-refractivity contribution in [2.75, 3.05) is 4.90 Å². The van der Waals surface area contributed by atoms with E-state index in [4.69, 9.17) is 9.47 Å². The van der Waals surface area contributed by atoms with Crippen LogP contribution in [0.3, 0.4) is 0 Å². The summed E-state index contributed by atoms with van der Waals surface area (Å²) in [6, 6.07) is 53.0. The third-order valence-corrected chi connectivity index (χ3v) is 12.1. The fourth-order valence-corrected chi connectivity index (χ4v) is 9.15. The van der Waals surface area contributed by atoms with Crippen LogP contribution < -0.4 is 30.8 Å². The van der Waals surface area contributed by atoms with Gasteiger partial charge in [-0.05, 0) is 119 Å². The van der Waals surface area contributed by atoms with Crippen LogP contribution in [0.1, 0.15) is 60.3 Å². The van der Waals surface area contributed by atoms with Gasteiger partial charge in [-0.2, -0.15) is 0 Å². The summed E-state index contributed by atoms with van der Waals surface area (Å²) in [4.78, 5) is 2.45. The van der Waals surface area contributed by atoms with Crippen LogP contribution in [0, 0.1) is 20.8 Å². The molecule has 0 saturated heterocycles. The molecule has 268 valence electrons. The third kappa shape index (κ3) is 6.01. The zero-order chi connectivity index (χ0) is 37.0. The largest absolute Gasteiger partial charge is 0.458 e. The van der Waals surface area contributed by atoms with E-state index in [0.29, 0.717) is 5.92 Å². The summed E-state index contributed by atoms with van der Waals surface area (Å²) in [5, 5.41) is 0. The fourth-order valence-electron chi connectivity index (χ4n) is 9.15.